The van der Waals surface area contributed by atoms with E-state index < -0.39 is 10.2 Å². The maximum atomic E-state index is 12.6. The summed E-state index contributed by atoms with van der Waals surface area (Å²) in [4.78, 5) is 2.01. The lowest BCUT2D eigenvalue weighted by Gasteiger charge is -2.32. The molecule has 0 fully saturated rings. The smallest absolute Gasteiger partial charge is 0.282 e. The zero-order chi connectivity index (χ0) is 16.6. The summed E-state index contributed by atoms with van der Waals surface area (Å²) in [6, 6.07) is 0.394. The van der Waals surface area contributed by atoms with Gasteiger partial charge in [0.15, 0.2) is 0 Å². The van der Waals surface area contributed by atoms with Gasteiger partial charge in [-0.1, -0.05) is 20.8 Å². The molecule has 1 unspecified atom stereocenters. The van der Waals surface area contributed by atoms with E-state index in [0.717, 1.165) is 19.5 Å². The molecule has 1 N–H and O–H groups in total. The summed E-state index contributed by atoms with van der Waals surface area (Å²) in [5.74, 6) is 0. The molecule has 0 aliphatic rings. The number of likely N-dealkylation sites (N-methyl/N-ethyl adjacent to an activating group) is 2. The van der Waals surface area contributed by atoms with Gasteiger partial charge in [-0.15, -0.1) is 0 Å². The Balaban J connectivity index is 4.59. The summed E-state index contributed by atoms with van der Waals surface area (Å²) in [6.45, 7) is 10.6. The van der Waals surface area contributed by atoms with Crippen molar-refractivity contribution in [3.63, 3.8) is 0 Å². The van der Waals surface area contributed by atoms with Crippen molar-refractivity contribution >= 4 is 10.2 Å². The van der Waals surface area contributed by atoms with Crippen molar-refractivity contribution in [3.8, 4) is 0 Å². The zero-order valence-electron chi connectivity index (χ0n) is 14.8. The van der Waals surface area contributed by atoms with Crippen LogP contribution in [0.15, 0.2) is 0 Å². The predicted molar refractivity (Wildman–Crippen MR) is 89.7 cm³/mol. The largest absolute Gasteiger partial charge is 0.314 e. The molecule has 0 aromatic heterocycles. The Morgan fingerprint density at radius 1 is 1.10 bits per heavy atom. The van der Waals surface area contributed by atoms with Crippen molar-refractivity contribution < 1.29 is 8.42 Å². The molecule has 0 aromatic carbocycles. The first kappa shape index (κ1) is 20.8. The van der Waals surface area contributed by atoms with Gasteiger partial charge in [-0.25, -0.2) is 0 Å². The molecule has 0 saturated heterocycles. The normalized spacial score (nSPS) is 14.6. The van der Waals surface area contributed by atoms with E-state index in [-0.39, 0.29) is 6.04 Å². The third-order valence-corrected chi connectivity index (χ3v) is 5.51. The van der Waals surface area contributed by atoms with Crippen LogP contribution in [0.1, 0.15) is 34.1 Å². The third kappa shape index (κ3) is 7.56. The number of hydrogen-bond donors (Lipinski definition) is 1. The van der Waals surface area contributed by atoms with Crippen LogP contribution >= 0.6 is 0 Å². The van der Waals surface area contributed by atoms with Crippen LogP contribution in [0, 0.1) is 0 Å². The van der Waals surface area contributed by atoms with Gasteiger partial charge < -0.3 is 10.2 Å². The second-order valence-corrected chi connectivity index (χ2v) is 8.09. The third-order valence-electron chi connectivity index (χ3n) is 3.33. The standard InChI is InChI=1S/C14H34N4O2S/c1-8-18(14(4)12-16(5)6)21(19,20)17(7)11-9-10-15-13(2)3/h13-15H,8-12H2,1-7H3. The number of nitrogens with one attached hydrogen (secondary N) is 1. The summed E-state index contributed by atoms with van der Waals surface area (Å²) in [7, 11) is 2.19. The van der Waals surface area contributed by atoms with Gasteiger partial charge in [-0.3, -0.25) is 0 Å². The van der Waals surface area contributed by atoms with Crippen molar-refractivity contribution in [2.24, 2.45) is 0 Å². The first-order valence-corrected chi connectivity index (χ1v) is 9.13. The number of rotatable bonds is 11. The van der Waals surface area contributed by atoms with Gasteiger partial charge in [-0.2, -0.15) is 17.0 Å². The maximum absolute atomic E-state index is 12.6. The lowest BCUT2D eigenvalue weighted by atomic mass is 10.3. The maximum Gasteiger partial charge on any atom is 0.282 e. The van der Waals surface area contributed by atoms with Gasteiger partial charge in [-0.05, 0) is 34.0 Å². The minimum atomic E-state index is -3.38. The van der Waals surface area contributed by atoms with Crippen molar-refractivity contribution in [1.82, 2.24) is 18.8 Å². The van der Waals surface area contributed by atoms with E-state index in [1.807, 2.05) is 32.8 Å². The second-order valence-electron chi connectivity index (χ2n) is 6.11. The van der Waals surface area contributed by atoms with Crippen LogP contribution in [0.4, 0.5) is 0 Å². The molecule has 6 nitrogen and oxygen atoms in total. The summed E-state index contributed by atoms with van der Waals surface area (Å²) < 4.78 is 28.3. The van der Waals surface area contributed by atoms with Crippen molar-refractivity contribution in [2.75, 3.05) is 47.3 Å². The quantitative estimate of drug-likeness (QED) is 0.572. The fourth-order valence-electron chi connectivity index (χ4n) is 2.31. The Morgan fingerprint density at radius 2 is 1.67 bits per heavy atom. The van der Waals surface area contributed by atoms with Gasteiger partial charge >= 0.3 is 0 Å². The molecule has 0 spiro atoms. The highest BCUT2D eigenvalue weighted by Crippen LogP contribution is 2.12. The minimum Gasteiger partial charge on any atom is -0.314 e. The Labute approximate surface area is 131 Å². The van der Waals surface area contributed by atoms with E-state index >= 15 is 0 Å². The Morgan fingerprint density at radius 3 is 2.10 bits per heavy atom. The highest BCUT2D eigenvalue weighted by Gasteiger charge is 2.29. The molecule has 0 aromatic rings. The van der Waals surface area contributed by atoms with Crippen LogP contribution in [0.25, 0.3) is 0 Å². The molecule has 0 heterocycles. The Kier molecular flexibility index (Phi) is 9.64. The fraction of sp³-hybridized carbons (Fsp3) is 1.00. The second kappa shape index (κ2) is 9.74. The topological polar surface area (TPSA) is 55.9 Å². The lowest BCUT2D eigenvalue weighted by Crippen LogP contribution is -2.49. The summed E-state index contributed by atoms with van der Waals surface area (Å²) in [5.41, 5.74) is 0. The average Bonchev–Trinajstić information content (AvgIpc) is 2.33. The van der Waals surface area contributed by atoms with Crippen LogP contribution in [0.2, 0.25) is 0 Å². The monoisotopic (exact) mass is 322 g/mol. The molecule has 0 saturated carbocycles. The van der Waals surface area contributed by atoms with E-state index in [4.69, 9.17) is 0 Å². The summed E-state index contributed by atoms with van der Waals surface area (Å²) in [6.07, 6.45) is 0.813. The molecule has 0 rings (SSSR count). The van der Waals surface area contributed by atoms with Crippen LogP contribution in [0.5, 0.6) is 0 Å². The van der Waals surface area contributed by atoms with Crippen LogP contribution in [0.3, 0.4) is 0 Å². The molecule has 0 amide bonds. The number of hydrogen-bond acceptors (Lipinski definition) is 4. The molecular weight excluding hydrogens is 288 g/mol. The van der Waals surface area contributed by atoms with Gasteiger partial charge in [0.2, 0.25) is 0 Å². The van der Waals surface area contributed by atoms with Crippen LogP contribution in [-0.4, -0.2) is 81.3 Å². The molecule has 7 heteroatoms. The Hall–Kier alpha value is -0.210. The minimum absolute atomic E-state index is 0.0359. The zero-order valence-corrected chi connectivity index (χ0v) is 15.6. The highest BCUT2D eigenvalue weighted by molar-refractivity contribution is 7.86. The van der Waals surface area contributed by atoms with Crippen molar-refractivity contribution in [1.29, 1.82) is 0 Å². The van der Waals surface area contributed by atoms with Crippen molar-refractivity contribution in [3.05, 3.63) is 0 Å². The van der Waals surface area contributed by atoms with E-state index in [0.29, 0.717) is 19.1 Å². The SMILES string of the molecule is CCN(C(C)CN(C)C)S(=O)(=O)N(C)CCCNC(C)C. The van der Waals surface area contributed by atoms with Gasteiger partial charge in [0.05, 0.1) is 0 Å². The molecule has 0 bridgehead atoms. The van der Waals surface area contributed by atoms with Crippen molar-refractivity contribution in [2.45, 2.75) is 46.2 Å². The molecule has 0 radical (unpaired) electrons. The first-order valence-electron chi connectivity index (χ1n) is 7.74. The Bertz CT molecular complexity index is 371. The fourth-order valence-corrected chi connectivity index (χ4v) is 3.87. The molecule has 128 valence electrons. The molecule has 0 aliphatic carbocycles. The van der Waals surface area contributed by atoms with Crippen LogP contribution < -0.4 is 5.32 Å². The predicted octanol–water partition coefficient (Wildman–Crippen LogP) is 0.823. The van der Waals surface area contributed by atoms with E-state index in [2.05, 4.69) is 19.2 Å². The first-order chi connectivity index (χ1) is 9.62. The average molecular weight is 323 g/mol. The summed E-state index contributed by atoms with van der Waals surface area (Å²) in [5, 5.41) is 3.30. The van der Waals surface area contributed by atoms with E-state index in [1.54, 1.807) is 11.4 Å². The van der Waals surface area contributed by atoms with Gasteiger partial charge in [0.25, 0.3) is 10.2 Å². The number of nitrogens with zero attached hydrogens (tertiary/aromatic N) is 3. The molecule has 1 atom stereocenters. The van der Waals surface area contributed by atoms with Crippen LogP contribution in [-0.2, 0) is 10.2 Å². The van der Waals surface area contributed by atoms with E-state index in [1.165, 1.54) is 4.31 Å². The van der Waals surface area contributed by atoms with Gasteiger partial charge in [0.1, 0.15) is 0 Å². The molecule has 0 aliphatic heterocycles. The van der Waals surface area contributed by atoms with E-state index in [9.17, 15) is 8.42 Å². The van der Waals surface area contributed by atoms with Gasteiger partial charge in [0, 0.05) is 38.8 Å². The highest BCUT2D eigenvalue weighted by atomic mass is 32.2. The lowest BCUT2D eigenvalue weighted by molar-refractivity contribution is 0.256. The molecular formula is C14H34N4O2S. The molecule has 21 heavy (non-hydrogen) atoms. The summed E-state index contributed by atoms with van der Waals surface area (Å²) >= 11 is 0.